The number of carbonyl (C=O) groups is 2. The fourth-order valence-corrected chi connectivity index (χ4v) is 3.07. The molecule has 1 aromatic carbocycles. The average Bonchev–Trinajstić information content (AvgIpc) is 2.58. The van der Waals surface area contributed by atoms with Crippen LogP contribution >= 0.6 is 0 Å². The number of ketones is 1. The summed E-state index contributed by atoms with van der Waals surface area (Å²) in [6.07, 6.45) is 0.536. The zero-order valence-electron chi connectivity index (χ0n) is 13.7. The van der Waals surface area contributed by atoms with Gasteiger partial charge in [-0.3, -0.25) is 14.5 Å². The van der Waals surface area contributed by atoms with Crippen LogP contribution < -0.4 is 0 Å². The fourth-order valence-electron chi connectivity index (χ4n) is 3.07. The van der Waals surface area contributed by atoms with Crippen LogP contribution in [0.5, 0.6) is 0 Å². The van der Waals surface area contributed by atoms with E-state index in [0.29, 0.717) is 19.6 Å². The second-order valence-electron chi connectivity index (χ2n) is 6.54. The quantitative estimate of drug-likeness (QED) is 0.634. The smallest absolute Gasteiger partial charge is 0.316 e. The number of esters is 1. The molecular weight excluding hydrogens is 278 g/mol. The molecule has 120 valence electrons. The average molecular weight is 303 g/mol. The molecule has 0 aliphatic carbocycles. The Morgan fingerprint density at radius 2 is 2.00 bits per heavy atom. The van der Waals surface area contributed by atoms with E-state index in [0.717, 1.165) is 13.1 Å². The highest BCUT2D eigenvalue weighted by atomic mass is 16.5. The van der Waals surface area contributed by atoms with Crippen LogP contribution in [0.4, 0.5) is 0 Å². The molecule has 1 aliphatic rings. The lowest BCUT2D eigenvalue weighted by atomic mass is 9.81. The van der Waals surface area contributed by atoms with Crippen LogP contribution in [0.1, 0.15) is 32.8 Å². The molecule has 0 N–H and O–H groups in total. The molecule has 2 rings (SSSR count). The van der Waals surface area contributed by atoms with Crippen molar-refractivity contribution in [3.63, 3.8) is 0 Å². The Balaban J connectivity index is 2.12. The summed E-state index contributed by atoms with van der Waals surface area (Å²) in [6.45, 7) is 8.12. The molecule has 1 heterocycles. The molecule has 0 spiro atoms. The summed E-state index contributed by atoms with van der Waals surface area (Å²) in [6, 6.07) is 10.2. The molecule has 0 radical (unpaired) electrons. The van der Waals surface area contributed by atoms with Gasteiger partial charge in [-0.25, -0.2) is 0 Å². The molecule has 0 aromatic heterocycles. The van der Waals surface area contributed by atoms with Gasteiger partial charge >= 0.3 is 5.97 Å². The molecule has 1 aliphatic heterocycles. The largest absolute Gasteiger partial charge is 0.465 e. The minimum atomic E-state index is -0.629. The van der Waals surface area contributed by atoms with Crippen molar-refractivity contribution in [2.45, 2.75) is 33.7 Å². The van der Waals surface area contributed by atoms with Crippen molar-refractivity contribution in [3.05, 3.63) is 35.9 Å². The van der Waals surface area contributed by atoms with Crippen molar-refractivity contribution < 1.29 is 14.3 Å². The first-order valence-corrected chi connectivity index (χ1v) is 7.91. The monoisotopic (exact) mass is 303 g/mol. The molecule has 1 aromatic rings. The fraction of sp³-hybridized carbons (Fsp3) is 0.556. The Kier molecular flexibility index (Phi) is 5.35. The van der Waals surface area contributed by atoms with Crippen LogP contribution in [0.25, 0.3) is 0 Å². The van der Waals surface area contributed by atoms with Gasteiger partial charge in [0.05, 0.1) is 6.61 Å². The Morgan fingerprint density at radius 3 is 2.64 bits per heavy atom. The predicted octanol–water partition coefficient (Wildman–Crippen LogP) is 2.67. The third kappa shape index (κ3) is 3.95. The minimum Gasteiger partial charge on any atom is -0.465 e. The first-order chi connectivity index (χ1) is 10.4. The van der Waals surface area contributed by atoms with Gasteiger partial charge in [-0.05, 0) is 25.5 Å². The number of carbonyl (C=O) groups excluding carboxylic acids is 2. The molecule has 0 bridgehead atoms. The third-order valence-electron chi connectivity index (χ3n) is 4.16. The summed E-state index contributed by atoms with van der Waals surface area (Å²) in [5.74, 6) is -1.00. The Morgan fingerprint density at radius 1 is 1.32 bits per heavy atom. The molecule has 1 fully saturated rings. The minimum absolute atomic E-state index is 0.00140. The maximum atomic E-state index is 12.7. The van der Waals surface area contributed by atoms with E-state index in [4.69, 9.17) is 4.74 Å². The number of rotatable bonds is 4. The van der Waals surface area contributed by atoms with Crippen molar-refractivity contribution >= 4 is 11.8 Å². The number of likely N-dealkylation sites (tertiary alicyclic amines) is 1. The van der Waals surface area contributed by atoms with E-state index in [-0.39, 0.29) is 11.8 Å². The SMILES string of the molecule is CCOC(=O)C1CCN(Cc2ccccc2)CC(C)(C)C1=O. The summed E-state index contributed by atoms with van der Waals surface area (Å²) in [5.41, 5.74) is 0.684. The van der Waals surface area contributed by atoms with Gasteiger partial charge in [0.2, 0.25) is 0 Å². The van der Waals surface area contributed by atoms with Gasteiger partial charge in [-0.2, -0.15) is 0 Å². The maximum absolute atomic E-state index is 12.7. The lowest BCUT2D eigenvalue weighted by Crippen LogP contribution is -2.39. The van der Waals surface area contributed by atoms with Gasteiger partial charge in [0.15, 0.2) is 5.78 Å². The van der Waals surface area contributed by atoms with Crippen molar-refractivity contribution in [1.82, 2.24) is 4.90 Å². The zero-order chi connectivity index (χ0) is 16.2. The first kappa shape index (κ1) is 16.7. The standard InChI is InChI=1S/C18H25NO3/c1-4-22-17(21)15-10-11-19(13-18(2,3)16(15)20)12-14-8-6-5-7-9-14/h5-9,15H,4,10-13H2,1-3H3. The summed E-state index contributed by atoms with van der Waals surface area (Å²) in [4.78, 5) is 27.0. The van der Waals surface area contributed by atoms with Crippen LogP contribution in [-0.2, 0) is 20.9 Å². The van der Waals surface area contributed by atoms with E-state index in [1.54, 1.807) is 6.92 Å². The molecule has 0 saturated carbocycles. The Labute approximate surface area is 132 Å². The number of benzene rings is 1. The van der Waals surface area contributed by atoms with E-state index in [1.165, 1.54) is 5.56 Å². The van der Waals surface area contributed by atoms with Crippen molar-refractivity contribution in [2.24, 2.45) is 11.3 Å². The summed E-state index contributed by atoms with van der Waals surface area (Å²) in [7, 11) is 0. The maximum Gasteiger partial charge on any atom is 0.316 e. The molecule has 1 atom stereocenters. The van der Waals surface area contributed by atoms with Gasteiger partial charge < -0.3 is 4.74 Å². The summed E-state index contributed by atoms with van der Waals surface area (Å²) >= 11 is 0. The predicted molar refractivity (Wildman–Crippen MR) is 85.2 cm³/mol. The molecule has 4 nitrogen and oxygen atoms in total. The lowest BCUT2D eigenvalue weighted by Gasteiger charge is -2.28. The molecule has 22 heavy (non-hydrogen) atoms. The van der Waals surface area contributed by atoms with Crippen LogP contribution in [0.3, 0.4) is 0 Å². The molecular formula is C18H25NO3. The van der Waals surface area contributed by atoms with E-state index in [9.17, 15) is 9.59 Å². The van der Waals surface area contributed by atoms with Crippen molar-refractivity contribution in [1.29, 1.82) is 0 Å². The van der Waals surface area contributed by atoms with Gasteiger partial charge in [-0.1, -0.05) is 44.2 Å². The number of ether oxygens (including phenoxy) is 1. The molecule has 1 unspecified atom stereocenters. The lowest BCUT2D eigenvalue weighted by molar-refractivity contribution is -0.153. The number of nitrogens with zero attached hydrogens (tertiary/aromatic N) is 1. The van der Waals surface area contributed by atoms with E-state index in [2.05, 4.69) is 17.0 Å². The normalized spacial score (nSPS) is 22.1. The van der Waals surface area contributed by atoms with Crippen LogP contribution in [0, 0.1) is 11.3 Å². The zero-order valence-corrected chi connectivity index (χ0v) is 13.7. The van der Waals surface area contributed by atoms with E-state index in [1.807, 2.05) is 32.0 Å². The number of hydrogen-bond acceptors (Lipinski definition) is 4. The second-order valence-corrected chi connectivity index (χ2v) is 6.54. The van der Waals surface area contributed by atoms with Gasteiger partial charge in [0.25, 0.3) is 0 Å². The van der Waals surface area contributed by atoms with Crippen LogP contribution in [0.2, 0.25) is 0 Å². The topological polar surface area (TPSA) is 46.6 Å². The molecule has 4 heteroatoms. The second kappa shape index (κ2) is 7.05. The van der Waals surface area contributed by atoms with Crippen LogP contribution in [-0.4, -0.2) is 36.3 Å². The van der Waals surface area contributed by atoms with E-state index >= 15 is 0 Å². The highest BCUT2D eigenvalue weighted by Gasteiger charge is 2.42. The molecule has 1 saturated heterocycles. The Bertz CT molecular complexity index is 524. The highest BCUT2D eigenvalue weighted by Crippen LogP contribution is 2.30. The number of Topliss-reactive ketones (excluding diaryl/α,β-unsaturated/α-hetero) is 1. The summed E-state index contributed by atoms with van der Waals surface area (Å²) < 4.78 is 5.08. The highest BCUT2D eigenvalue weighted by molar-refractivity contribution is 6.02. The van der Waals surface area contributed by atoms with E-state index < -0.39 is 11.3 Å². The van der Waals surface area contributed by atoms with Crippen molar-refractivity contribution in [2.75, 3.05) is 19.7 Å². The third-order valence-corrected chi connectivity index (χ3v) is 4.16. The van der Waals surface area contributed by atoms with Gasteiger partial charge in [-0.15, -0.1) is 0 Å². The number of hydrogen-bond donors (Lipinski definition) is 0. The summed E-state index contributed by atoms with van der Waals surface area (Å²) in [5, 5.41) is 0. The molecule has 0 amide bonds. The van der Waals surface area contributed by atoms with Crippen LogP contribution in [0.15, 0.2) is 30.3 Å². The Hall–Kier alpha value is -1.68. The van der Waals surface area contributed by atoms with Gasteiger partial charge in [0.1, 0.15) is 5.92 Å². The first-order valence-electron chi connectivity index (χ1n) is 7.91. The van der Waals surface area contributed by atoms with Gasteiger partial charge in [0, 0.05) is 18.5 Å². The van der Waals surface area contributed by atoms with Crippen molar-refractivity contribution in [3.8, 4) is 0 Å².